The molecule has 2 heterocycles. The van der Waals surface area contributed by atoms with E-state index in [4.69, 9.17) is 4.74 Å². The summed E-state index contributed by atoms with van der Waals surface area (Å²) in [6, 6.07) is 6.41. The van der Waals surface area contributed by atoms with E-state index in [0.717, 1.165) is 29.6 Å². The highest BCUT2D eigenvalue weighted by molar-refractivity contribution is 5.88. The van der Waals surface area contributed by atoms with Crippen LogP contribution in [0.5, 0.6) is 0 Å². The highest BCUT2D eigenvalue weighted by Gasteiger charge is 2.11. The van der Waals surface area contributed by atoms with Gasteiger partial charge in [0.1, 0.15) is 6.33 Å². The molecule has 3 rings (SSSR count). The fraction of sp³-hybridized carbons (Fsp3) is 0.316. The third kappa shape index (κ3) is 3.68. The molecular formula is C19H22N4O. The molecule has 0 aliphatic rings. The van der Waals surface area contributed by atoms with E-state index >= 15 is 0 Å². The third-order valence-corrected chi connectivity index (χ3v) is 4.15. The van der Waals surface area contributed by atoms with Gasteiger partial charge in [-0.05, 0) is 41.8 Å². The topological polar surface area (TPSA) is 63.2 Å². The van der Waals surface area contributed by atoms with Gasteiger partial charge in [0, 0.05) is 42.2 Å². The lowest BCUT2D eigenvalue weighted by molar-refractivity contribution is 0.208. The molecule has 1 unspecified atom stereocenters. The van der Waals surface area contributed by atoms with E-state index in [9.17, 15) is 0 Å². The van der Waals surface area contributed by atoms with E-state index in [1.165, 1.54) is 10.9 Å². The molecule has 124 valence electrons. The van der Waals surface area contributed by atoms with Crippen LogP contribution in [0.1, 0.15) is 24.8 Å². The number of rotatable bonds is 7. The first kappa shape index (κ1) is 16.3. The van der Waals surface area contributed by atoms with Crippen molar-refractivity contribution in [2.75, 3.05) is 20.3 Å². The summed E-state index contributed by atoms with van der Waals surface area (Å²) in [7, 11) is 1.69. The Morgan fingerprint density at radius 2 is 2.08 bits per heavy atom. The summed E-state index contributed by atoms with van der Waals surface area (Å²) in [4.78, 5) is 16.0. The predicted molar refractivity (Wildman–Crippen MR) is 97.6 cm³/mol. The number of methoxy groups -OCH3 is 1. The van der Waals surface area contributed by atoms with E-state index in [2.05, 4.69) is 51.3 Å². The molecule has 0 saturated heterocycles. The first-order chi connectivity index (χ1) is 11.8. The summed E-state index contributed by atoms with van der Waals surface area (Å²) in [6.45, 7) is 3.61. The molecule has 0 spiro atoms. The molecule has 24 heavy (non-hydrogen) atoms. The smallest absolute Gasteiger partial charge is 0.115 e. The minimum absolute atomic E-state index is 0.396. The minimum Gasteiger partial charge on any atom is -0.383 e. The van der Waals surface area contributed by atoms with E-state index < -0.39 is 0 Å². The lowest BCUT2D eigenvalue weighted by Crippen LogP contribution is -1.96. The average molecular weight is 322 g/mol. The van der Waals surface area contributed by atoms with Gasteiger partial charge in [0.15, 0.2) is 0 Å². The van der Waals surface area contributed by atoms with Gasteiger partial charge in [-0.25, -0.2) is 9.97 Å². The lowest BCUT2D eigenvalue weighted by atomic mass is 9.96. The Labute approximate surface area is 141 Å². The van der Waals surface area contributed by atoms with Gasteiger partial charge in [-0.2, -0.15) is 0 Å². The summed E-state index contributed by atoms with van der Waals surface area (Å²) < 4.78 is 5.01. The SMILES string of the molecule is COCCN=CCC(C)c1c[nH]c2ccc(-c3cncnc3)cc12. The van der Waals surface area contributed by atoms with E-state index in [1.807, 2.05) is 18.6 Å². The monoisotopic (exact) mass is 322 g/mol. The van der Waals surface area contributed by atoms with Gasteiger partial charge in [0.2, 0.25) is 0 Å². The number of benzene rings is 1. The van der Waals surface area contributed by atoms with Crippen molar-refractivity contribution in [1.82, 2.24) is 15.0 Å². The van der Waals surface area contributed by atoms with Crippen LogP contribution in [0.3, 0.4) is 0 Å². The second kappa shape index (κ2) is 7.84. The second-order valence-electron chi connectivity index (χ2n) is 5.85. The number of aromatic amines is 1. The number of H-pyrrole nitrogens is 1. The van der Waals surface area contributed by atoms with Crippen LogP contribution in [0.2, 0.25) is 0 Å². The molecular weight excluding hydrogens is 300 g/mol. The van der Waals surface area contributed by atoms with Crippen LogP contribution in [0.15, 0.2) is 48.1 Å². The van der Waals surface area contributed by atoms with Crippen LogP contribution in [-0.2, 0) is 4.74 Å². The quantitative estimate of drug-likeness (QED) is 0.531. The highest BCUT2D eigenvalue weighted by atomic mass is 16.5. The summed E-state index contributed by atoms with van der Waals surface area (Å²) in [5, 5.41) is 1.24. The Kier molecular flexibility index (Phi) is 5.33. The molecule has 0 amide bonds. The summed E-state index contributed by atoms with van der Waals surface area (Å²) in [6.07, 6.45) is 10.2. The highest BCUT2D eigenvalue weighted by Crippen LogP contribution is 2.30. The molecule has 5 heteroatoms. The number of fused-ring (bicyclic) bond motifs is 1. The molecule has 0 bridgehead atoms. The Morgan fingerprint density at radius 3 is 2.88 bits per heavy atom. The molecule has 2 aromatic heterocycles. The zero-order valence-electron chi connectivity index (χ0n) is 14.1. The maximum absolute atomic E-state index is 5.01. The maximum atomic E-state index is 5.01. The Balaban J connectivity index is 1.82. The molecule has 0 saturated carbocycles. The van der Waals surface area contributed by atoms with E-state index in [0.29, 0.717) is 12.5 Å². The van der Waals surface area contributed by atoms with E-state index in [-0.39, 0.29) is 0 Å². The zero-order valence-corrected chi connectivity index (χ0v) is 14.1. The second-order valence-corrected chi connectivity index (χ2v) is 5.85. The number of hydrogen-bond acceptors (Lipinski definition) is 4. The standard InChI is InChI=1S/C19H22N4O/c1-14(5-6-20-7-8-24-2)18-12-23-19-4-3-15(9-17(18)19)16-10-21-13-22-11-16/h3-4,6,9-14,23H,5,7-8H2,1-2H3. The van der Waals surface area contributed by atoms with Crippen molar-refractivity contribution in [1.29, 1.82) is 0 Å². The first-order valence-electron chi connectivity index (χ1n) is 8.13. The van der Waals surface area contributed by atoms with Gasteiger partial charge >= 0.3 is 0 Å². The molecule has 1 aromatic carbocycles. The van der Waals surface area contributed by atoms with Gasteiger partial charge in [-0.15, -0.1) is 0 Å². The van der Waals surface area contributed by atoms with Crippen molar-refractivity contribution in [3.05, 3.63) is 48.7 Å². The van der Waals surface area contributed by atoms with Crippen LogP contribution >= 0.6 is 0 Å². The van der Waals surface area contributed by atoms with Gasteiger partial charge in [-0.1, -0.05) is 13.0 Å². The van der Waals surface area contributed by atoms with Crippen LogP contribution in [0.4, 0.5) is 0 Å². The van der Waals surface area contributed by atoms with E-state index in [1.54, 1.807) is 13.4 Å². The molecule has 3 aromatic rings. The third-order valence-electron chi connectivity index (χ3n) is 4.15. The number of ether oxygens (including phenoxy) is 1. The fourth-order valence-electron chi connectivity index (χ4n) is 2.77. The summed E-state index contributed by atoms with van der Waals surface area (Å²) >= 11 is 0. The van der Waals surface area contributed by atoms with Crippen LogP contribution in [0.25, 0.3) is 22.0 Å². The molecule has 1 N–H and O–H groups in total. The molecule has 5 nitrogen and oxygen atoms in total. The molecule has 0 radical (unpaired) electrons. The Morgan fingerprint density at radius 1 is 1.25 bits per heavy atom. The van der Waals surface area contributed by atoms with Gasteiger partial charge in [0.05, 0.1) is 13.2 Å². The van der Waals surface area contributed by atoms with Crippen molar-refractivity contribution in [3.8, 4) is 11.1 Å². The first-order valence-corrected chi connectivity index (χ1v) is 8.13. The number of nitrogens with zero attached hydrogens (tertiary/aromatic N) is 3. The van der Waals surface area contributed by atoms with Gasteiger partial charge in [-0.3, -0.25) is 4.99 Å². The van der Waals surface area contributed by atoms with Crippen LogP contribution < -0.4 is 0 Å². The van der Waals surface area contributed by atoms with Gasteiger partial charge in [0.25, 0.3) is 0 Å². The molecule has 0 fully saturated rings. The zero-order chi connectivity index (χ0) is 16.8. The molecule has 0 aliphatic carbocycles. The fourth-order valence-corrected chi connectivity index (χ4v) is 2.77. The maximum Gasteiger partial charge on any atom is 0.115 e. The van der Waals surface area contributed by atoms with Crippen LogP contribution in [-0.4, -0.2) is 41.4 Å². The predicted octanol–water partition coefficient (Wildman–Crippen LogP) is 3.84. The van der Waals surface area contributed by atoms with Crippen molar-refractivity contribution in [2.24, 2.45) is 4.99 Å². The van der Waals surface area contributed by atoms with Crippen LogP contribution in [0, 0.1) is 0 Å². The Bertz CT molecular complexity index is 811. The number of nitrogens with one attached hydrogen (secondary N) is 1. The normalized spacial score (nSPS) is 12.9. The van der Waals surface area contributed by atoms with Crippen molar-refractivity contribution in [3.63, 3.8) is 0 Å². The lowest BCUT2D eigenvalue weighted by Gasteiger charge is -2.08. The number of aliphatic imine (C=N–C) groups is 1. The average Bonchev–Trinajstić information content (AvgIpc) is 3.05. The minimum atomic E-state index is 0.396. The van der Waals surface area contributed by atoms with Crippen molar-refractivity contribution in [2.45, 2.75) is 19.3 Å². The number of aromatic nitrogens is 3. The number of hydrogen-bond donors (Lipinski definition) is 1. The largest absolute Gasteiger partial charge is 0.383 e. The Hall–Kier alpha value is -2.53. The summed E-state index contributed by atoms with van der Waals surface area (Å²) in [5.41, 5.74) is 4.61. The molecule has 0 aliphatic heterocycles. The van der Waals surface area contributed by atoms with Crippen molar-refractivity contribution >= 4 is 17.1 Å². The summed E-state index contributed by atoms with van der Waals surface area (Å²) in [5.74, 6) is 0.396. The van der Waals surface area contributed by atoms with Gasteiger partial charge < -0.3 is 9.72 Å². The molecule has 1 atom stereocenters. The van der Waals surface area contributed by atoms with Crippen molar-refractivity contribution < 1.29 is 4.74 Å².